The van der Waals surface area contributed by atoms with Gasteiger partial charge in [-0.25, -0.2) is 0 Å². The molecule has 0 saturated carbocycles. The van der Waals surface area contributed by atoms with Crippen LogP contribution in [0.5, 0.6) is 0 Å². The number of hydrogen-bond acceptors (Lipinski definition) is 3. The summed E-state index contributed by atoms with van der Waals surface area (Å²) in [6.07, 6.45) is 1.37. The van der Waals surface area contributed by atoms with Crippen LogP contribution in [0, 0.1) is 0 Å². The van der Waals surface area contributed by atoms with E-state index in [1.807, 2.05) is 30.3 Å². The molecule has 0 saturated heterocycles. The second-order valence-electron chi connectivity index (χ2n) is 4.18. The molecule has 0 heterocycles. The van der Waals surface area contributed by atoms with Gasteiger partial charge in [-0.3, -0.25) is 9.59 Å². The Balaban J connectivity index is 2.01. The van der Waals surface area contributed by atoms with E-state index in [0.717, 1.165) is 5.56 Å². The average molecular weight is 265 g/mol. The van der Waals surface area contributed by atoms with Crippen LogP contribution in [0.15, 0.2) is 30.3 Å². The van der Waals surface area contributed by atoms with Crippen molar-refractivity contribution in [3.8, 4) is 0 Å². The van der Waals surface area contributed by atoms with Crippen LogP contribution in [-0.4, -0.2) is 30.1 Å². The normalized spacial score (nSPS) is 10.1. The molecule has 5 heteroatoms. The molecule has 1 amide bonds. The van der Waals surface area contributed by atoms with Gasteiger partial charge in [-0.2, -0.15) is 0 Å². The van der Waals surface area contributed by atoms with E-state index in [-0.39, 0.29) is 18.9 Å². The summed E-state index contributed by atoms with van der Waals surface area (Å²) in [6, 6.07) is 9.63. The Labute approximate surface area is 112 Å². The molecule has 0 bridgehead atoms. The third-order valence-corrected chi connectivity index (χ3v) is 2.48. The molecule has 0 aliphatic heterocycles. The Morgan fingerprint density at radius 3 is 2.58 bits per heavy atom. The van der Waals surface area contributed by atoms with Crippen molar-refractivity contribution in [2.24, 2.45) is 0 Å². The number of ether oxygens (including phenoxy) is 1. The number of rotatable bonds is 9. The number of carboxylic acid groups (broad SMARTS) is 1. The van der Waals surface area contributed by atoms with Crippen molar-refractivity contribution >= 4 is 11.9 Å². The lowest BCUT2D eigenvalue weighted by Crippen LogP contribution is -2.28. The van der Waals surface area contributed by atoms with Gasteiger partial charge < -0.3 is 15.2 Å². The van der Waals surface area contributed by atoms with Gasteiger partial charge in [0.1, 0.15) is 6.61 Å². The van der Waals surface area contributed by atoms with Crippen molar-refractivity contribution in [3.05, 3.63) is 35.9 Å². The number of hydrogen-bond donors (Lipinski definition) is 2. The van der Waals surface area contributed by atoms with Gasteiger partial charge in [0.15, 0.2) is 0 Å². The van der Waals surface area contributed by atoms with Crippen LogP contribution >= 0.6 is 0 Å². The van der Waals surface area contributed by atoms with Gasteiger partial charge >= 0.3 is 5.97 Å². The van der Waals surface area contributed by atoms with Gasteiger partial charge in [-0.05, 0) is 18.4 Å². The molecule has 0 fully saturated rings. The molecule has 0 unspecified atom stereocenters. The quantitative estimate of drug-likeness (QED) is 0.665. The molecular formula is C14H19NO4. The maximum Gasteiger partial charge on any atom is 0.303 e. The fourth-order valence-electron chi connectivity index (χ4n) is 1.52. The van der Waals surface area contributed by atoms with Crippen LogP contribution in [-0.2, 0) is 20.9 Å². The summed E-state index contributed by atoms with van der Waals surface area (Å²) in [7, 11) is 0. The second kappa shape index (κ2) is 9.10. The van der Waals surface area contributed by atoms with Crippen molar-refractivity contribution in [2.75, 3.05) is 13.2 Å². The summed E-state index contributed by atoms with van der Waals surface area (Å²) in [5, 5.41) is 11.1. The van der Waals surface area contributed by atoms with E-state index in [2.05, 4.69) is 5.32 Å². The second-order valence-corrected chi connectivity index (χ2v) is 4.18. The highest BCUT2D eigenvalue weighted by Crippen LogP contribution is 2.00. The summed E-state index contributed by atoms with van der Waals surface area (Å²) in [5.74, 6) is -0.983. The first-order chi connectivity index (χ1) is 9.18. The number of nitrogens with one attached hydrogen (secondary N) is 1. The fraction of sp³-hybridized carbons (Fsp3) is 0.429. The van der Waals surface area contributed by atoms with E-state index < -0.39 is 5.97 Å². The van der Waals surface area contributed by atoms with Crippen LogP contribution in [0.3, 0.4) is 0 Å². The SMILES string of the molecule is O=C(O)CCCCNC(=O)COCc1ccccc1. The van der Waals surface area contributed by atoms with Crippen molar-refractivity contribution in [1.82, 2.24) is 5.32 Å². The fourth-order valence-corrected chi connectivity index (χ4v) is 1.52. The summed E-state index contributed by atoms with van der Waals surface area (Å²) in [4.78, 5) is 21.6. The molecule has 0 aliphatic rings. The smallest absolute Gasteiger partial charge is 0.303 e. The molecule has 1 aromatic carbocycles. The lowest BCUT2D eigenvalue weighted by atomic mass is 10.2. The highest BCUT2D eigenvalue weighted by Gasteiger charge is 2.01. The zero-order valence-electron chi connectivity index (χ0n) is 10.8. The molecular weight excluding hydrogens is 246 g/mol. The van der Waals surface area contributed by atoms with Gasteiger partial charge in [-0.1, -0.05) is 30.3 Å². The molecule has 1 rings (SSSR count). The number of carbonyl (C=O) groups is 2. The van der Waals surface area contributed by atoms with Gasteiger partial charge in [0.25, 0.3) is 0 Å². The van der Waals surface area contributed by atoms with E-state index in [1.165, 1.54) is 0 Å². The molecule has 0 atom stereocenters. The molecule has 104 valence electrons. The molecule has 0 radical (unpaired) electrons. The largest absolute Gasteiger partial charge is 0.481 e. The summed E-state index contributed by atoms with van der Waals surface area (Å²) >= 11 is 0. The Hall–Kier alpha value is -1.88. The van der Waals surface area contributed by atoms with Crippen molar-refractivity contribution < 1.29 is 19.4 Å². The van der Waals surface area contributed by atoms with E-state index in [4.69, 9.17) is 9.84 Å². The van der Waals surface area contributed by atoms with E-state index in [1.54, 1.807) is 0 Å². The van der Waals surface area contributed by atoms with Crippen LogP contribution < -0.4 is 5.32 Å². The Bertz CT molecular complexity index is 392. The summed E-state index contributed by atoms with van der Waals surface area (Å²) < 4.78 is 5.27. The number of amides is 1. The average Bonchev–Trinajstić information content (AvgIpc) is 2.39. The van der Waals surface area contributed by atoms with Gasteiger partial charge in [-0.15, -0.1) is 0 Å². The highest BCUT2D eigenvalue weighted by atomic mass is 16.5. The lowest BCUT2D eigenvalue weighted by Gasteiger charge is -2.06. The number of aliphatic carboxylic acids is 1. The molecule has 1 aromatic rings. The molecule has 2 N–H and O–H groups in total. The van der Waals surface area contributed by atoms with E-state index >= 15 is 0 Å². The Kier molecular flexibility index (Phi) is 7.27. The summed E-state index contributed by atoms with van der Waals surface area (Å²) in [6.45, 7) is 0.919. The lowest BCUT2D eigenvalue weighted by molar-refractivity contribution is -0.137. The minimum Gasteiger partial charge on any atom is -0.481 e. The predicted octanol–water partition coefficient (Wildman–Crippen LogP) is 1.57. The van der Waals surface area contributed by atoms with Crippen LogP contribution in [0.1, 0.15) is 24.8 Å². The first kappa shape index (κ1) is 15.2. The zero-order chi connectivity index (χ0) is 13.9. The molecule has 0 aromatic heterocycles. The minimum absolute atomic E-state index is 0.0217. The van der Waals surface area contributed by atoms with Crippen molar-refractivity contribution in [1.29, 1.82) is 0 Å². The van der Waals surface area contributed by atoms with Gasteiger partial charge in [0.05, 0.1) is 6.61 Å². The molecule has 19 heavy (non-hydrogen) atoms. The topological polar surface area (TPSA) is 75.6 Å². The minimum atomic E-state index is -0.808. The third-order valence-electron chi connectivity index (χ3n) is 2.48. The number of benzene rings is 1. The zero-order valence-corrected chi connectivity index (χ0v) is 10.8. The van der Waals surface area contributed by atoms with Crippen molar-refractivity contribution in [3.63, 3.8) is 0 Å². The third kappa shape index (κ3) is 7.94. The van der Waals surface area contributed by atoms with Crippen molar-refractivity contribution in [2.45, 2.75) is 25.9 Å². The standard InChI is InChI=1S/C14H19NO4/c16-13(15-9-5-4-8-14(17)18)11-19-10-12-6-2-1-3-7-12/h1-3,6-7H,4-5,8-11H2,(H,15,16)(H,17,18). The van der Waals surface area contributed by atoms with Crippen LogP contribution in [0.4, 0.5) is 0 Å². The van der Waals surface area contributed by atoms with E-state index in [9.17, 15) is 9.59 Å². The van der Waals surface area contributed by atoms with Crippen LogP contribution in [0.2, 0.25) is 0 Å². The molecule has 5 nitrogen and oxygen atoms in total. The Morgan fingerprint density at radius 2 is 1.89 bits per heavy atom. The monoisotopic (exact) mass is 265 g/mol. The first-order valence-electron chi connectivity index (χ1n) is 6.28. The van der Waals surface area contributed by atoms with Gasteiger partial charge in [0.2, 0.25) is 5.91 Å². The van der Waals surface area contributed by atoms with E-state index in [0.29, 0.717) is 26.0 Å². The molecule has 0 spiro atoms. The van der Waals surface area contributed by atoms with Crippen LogP contribution in [0.25, 0.3) is 0 Å². The first-order valence-corrected chi connectivity index (χ1v) is 6.28. The number of unbranched alkanes of at least 4 members (excludes halogenated alkanes) is 1. The maximum atomic E-state index is 11.4. The maximum absolute atomic E-state index is 11.4. The highest BCUT2D eigenvalue weighted by molar-refractivity contribution is 5.77. The number of carbonyl (C=O) groups excluding carboxylic acids is 1. The number of carboxylic acids is 1. The van der Waals surface area contributed by atoms with Gasteiger partial charge in [0, 0.05) is 13.0 Å². The predicted molar refractivity (Wildman–Crippen MR) is 70.6 cm³/mol. The Morgan fingerprint density at radius 1 is 1.16 bits per heavy atom. The summed E-state index contributed by atoms with van der Waals surface area (Å²) in [5.41, 5.74) is 1.02. The molecule has 0 aliphatic carbocycles.